The van der Waals surface area contributed by atoms with Gasteiger partial charge in [-0.05, 0) is 31.2 Å². The number of methoxy groups -OCH3 is 1. The number of anilines is 2. The van der Waals surface area contributed by atoms with Gasteiger partial charge in [-0.3, -0.25) is 4.79 Å². The van der Waals surface area contributed by atoms with Gasteiger partial charge in [-0.1, -0.05) is 24.3 Å². The van der Waals surface area contributed by atoms with Crippen LogP contribution in [0.1, 0.15) is 12.6 Å². The van der Waals surface area contributed by atoms with Gasteiger partial charge in [0.25, 0.3) is 0 Å². The molecule has 0 aliphatic rings. The first-order chi connectivity index (χ1) is 12.2. The van der Waals surface area contributed by atoms with Gasteiger partial charge in [0.1, 0.15) is 5.75 Å². The van der Waals surface area contributed by atoms with Gasteiger partial charge >= 0.3 is 5.97 Å². The van der Waals surface area contributed by atoms with Crippen LogP contribution in [0.2, 0.25) is 0 Å². The fraction of sp³-hybridized carbons (Fsp3) is 0.211. The van der Waals surface area contributed by atoms with E-state index in [1.54, 1.807) is 14.0 Å². The molecular weight excluding hydrogens is 318 g/mol. The van der Waals surface area contributed by atoms with Crippen molar-refractivity contribution < 1.29 is 14.3 Å². The van der Waals surface area contributed by atoms with Crippen LogP contribution in [-0.2, 0) is 16.0 Å². The lowest BCUT2D eigenvalue weighted by atomic mass is 10.1. The van der Waals surface area contributed by atoms with Crippen LogP contribution in [0.5, 0.6) is 5.75 Å². The molecule has 0 radical (unpaired) electrons. The van der Waals surface area contributed by atoms with Gasteiger partial charge in [0.2, 0.25) is 0 Å². The number of hydrogen-bond donors (Lipinski definition) is 1. The predicted octanol–water partition coefficient (Wildman–Crippen LogP) is 3.49. The highest BCUT2D eigenvalue weighted by Gasteiger charge is 2.13. The Morgan fingerprint density at radius 1 is 1.04 bits per heavy atom. The molecule has 0 amide bonds. The van der Waals surface area contributed by atoms with Crippen molar-refractivity contribution in [1.29, 1.82) is 0 Å². The van der Waals surface area contributed by atoms with Gasteiger partial charge in [0.05, 0.1) is 25.8 Å². The first-order valence-electron chi connectivity index (χ1n) is 8.02. The largest absolute Gasteiger partial charge is 0.497 e. The van der Waals surface area contributed by atoms with Gasteiger partial charge in [0, 0.05) is 16.5 Å². The molecule has 0 saturated heterocycles. The molecule has 25 heavy (non-hydrogen) atoms. The Morgan fingerprint density at radius 3 is 2.44 bits per heavy atom. The molecule has 2 aromatic carbocycles. The van der Waals surface area contributed by atoms with Crippen molar-refractivity contribution in [3.63, 3.8) is 0 Å². The first kappa shape index (κ1) is 16.7. The third kappa shape index (κ3) is 3.85. The van der Waals surface area contributed by atoms with Crippen LogP contribution >= 0.6 is 0 Å². The highest BCUT2D eigenvalue weighted by molar-refractivity contribution is 5.95. The molecule has 0 atom stereocenters. The molecule has 0 bridgehead atoms. The zero-order valence-corrected chi connectivity index (χ0v) is 14.2. The van der Waals surface area contributed by atoms with Gasteiger partial charge < -0.3 is 14.8 Å². The van der Waals surface area contributed by atoms with Gasteiger partial charge in [-0.15, -0.1) is 5.10 Å². The van der Waals surface area contributed by atoms with Crippen LogP contribution in [0.3, 0.4) is 0 Å². The standard InChI is InChI=1S/C19H19N3O3/c1-3-25-18(23)12-17-15-6-4-5-7-16(15)19(22-21-17)20-13-8-10-14(24-2)11-9-13/h4-11H,3,12H2,1-2H3,(H,20,22). The Labute approximate surface area is 145 Å². The van der Waals surface area contributed by atoms with Crippen molar-refractivity contribution in [2.75, 3.05) is 19.0 Å². The average molecular weight is 337 g/mol. The summed E-state index contributed by atoms with van der Waals surface area (Å²) in [4.78, 5) is 11.8. The van der Waals surface area contributed by atoms with E-state index in [2.05, 4.69) is 15.5 Å². The van der Waals surface area contributed by atoms with Gasteiger partial charge in [0.15, 0.2) is 5.82 Å². The van der Waals surface area contributed by atoms with Crippen molar-refractivity contribution in [3.8, 4) is 5.75 Å². The second kappa shape index (κ2) is 7.61. The van der Waals surface area contributed by atoms with Crippen molar-refractivity contribution in [1.82, 2.24) is 10.2 Å². The Kier molecular flexibility index (Phi) is 5.09. The van der Waals surface area contributed by atoms with E-state index in [9.17, 15) is 4.79 Å². The smallest absolute Gasteiger partial charge is 0.311 e. The Balaban J connectivity index is 1.92. The van der Waals surface area contributed by atoms with Crippen LogP contribution in [0, 0.1) is 0 Å². The number of ether oxygens (including phenoxy) is 2. The number of aromatic nitrogens is 2. The number of esters is 1. The minimum Gasteiger partial charge on any atom is -0.497 e. The number of carbonyl (C=O) groups excluding carboxylic acids is 1. The molecule has 0 saturated carbocycles. The number of carbonyl (C=O) groups is 1. The number of nitrogens with zero attached hydrogens (tertiary/aromatic N) is 2. The molecule has 0 fully saturated rings. The van der Waals surface area contributed by atoms with Crippen LogP contribution in [0.4, 0.5) is 11.5 Å². The van der Waals surface area contributed by atoms with Crippen LogP contribution in [-0.4, -0.2) is 29.9 Å². The number of hydrogen-bond acceptors (Lipinski definition) is 6. The number of nitrogens with one attached hydrogen (secondary N) is 1. The highest BCUT2D eigenvalue weighted by Crippen LogP contribution is 2.26. The molecular formula is C19H19N3O3. The predicted molar refractivity (Wildman–Crippen MR) is 96.2 cm³/mol. The molecule has 1 heterocycles. The normalized spacial score (nSPS) is 10.5. The maximum absolute atomic E-state index is 11.8. The van der Waals surface area contributed by atoms with Gasteiger partial charge in [-0.2, -0.15) is 5.10 Å². The third-order valence-corrected chi connectivity index (χ3v) is 3.73. The SMILES string of the molecule is CCOC(=O)Cc1nnc(Nc2ccc(OC)cc2)c2ccccc12. The van der Waals surface area contributed by atoms with Crippen molar-refractivity contribution in [2.45, 2.75) is 13.3 Å². The number of rotatable bonds is 6. The van der Waals surface area contributed by atoms with E-state index in [1.807, 2.05) is 48.5 Å². The minimum atomic E-state index is -0.308. The molecule has 6 heteroatoms. The molecule has 6 nitrogen and oxygen atoms in total. The summed E-state index contributed by atoms with van der Waals surface area (Å²) in [5, 5.41) is 13.5. The van der Waals surface area contributed by atoms with Crippen molar-refractivity contribution in [3.05, 3.63) is 54.2 Å². The van der Waals surface area contributed by atoms with Gasteiger partial charge in [-0.25, -0.2) is 0 Å². The second-order valence-electron chi connectivity index (χ2n) is 5.38. The lowest BCUT2D eigenvalue weighted by Crippen LogP contribution is -2.10. The zero-order chi connectivity index (χ0) is 17.6. The van der Waals surface area contributed by atoms with Crippen LogP contribution < -0.4 is 10.1 Å². The molecule has 0 aliphatic heterocycles. The minimum absolute atomic E-state index is 0.101. The van der Waals surface area contributed by atoms with E-state index in [0.717, 1.165) is 22.2 Å². The first-order valence-corrected chi connectivity index (χ1v) is 8.02. The molecule has 3 rings (SSSR count). The fourth-order valence-corrected chi connectivity index (χ4v) is 2.54. The molecule has 1 N–H and O–H groups in total. The Hall–Kier alpha value is -3.15. The van der Waals surface area contributed by atoms with Crippen molar-refractivity contribution >= 4 is 28.2 Å². The number of benzene rings is 2. The van der Waals surface area contributed by atoms with Crippen LogP contribution in [0.25, 0.3) is 10.8 Å². The molecule has 0 unspecified atom stereocenters. The average Bonchev–Trinajstić information content (AvgIpc) is 2.64. The maximum Gasteiger partial charge on any atom is 0.311 e. The summed E-state index contributed by atoms with van der Waals surface area (Å²) in [6, 6.07) is 15.3. The maximum atomic E-state index is 11.8. The van der Waals surface area contributed by atoms with Crippen molar-refractivity contribution in [2.24, 2.45) is 0 Å². The van der Waals surface area contributed by atoms with E-state index in [4.69, 9.17) is 9.47 Å². The Morgan fingerprint density at radius 2 is 1.76 bits per heavy atom. The molecule has 3 aromatic rings. The second-order valence-corrected chi connectivity index (χ2v) is 5.38. The van der Waals surface area contributed by atoms with E-state index >= 15 is 0 Å². The van der Waals surface area contributed by atoms with E-state index in [-0.39, 0.29) is 12.4 Å². The summed E-state index contributed by atoms with van der Waals surface area (Å²) in [5.74, 6) is 1.11. The Bertz CT molecular complexity index is 879. The van der Waals surface area contributed by atoms with E-state index in [1.165, 1.54) is 0 Å². The fourth-order valence-electron chi connectivity index (χ4n) is 2.54. The summed E-state index contributed by atoms with van der Waals surface area (Å²) in [7, 11) is 1.63. The topological polar surface area (TPSA) is 73.3 Å². The highest BCUT2D eigenvalue weighted by atomic mass is 16.5. The van der Waals surface area contributed by atoms with E-state index < -0.39 is 0 Å². The summed E-state index contributed by atoms with van der Waals surface area (Å²) in [6.45, 7) is 2.13. The summed E-state index contributed by atoms with van der Waals surface area (Å²) in [5.41, 5.74) is 1.48. The summed E-state index contributed by atoms with van der Waals surface area (Å²) >= 11 is 0. The lowest BCUT2D eigenvalue weighted by molar-refractivity contribution is -0.142. The lowest BCUT2D eigenvalue weighted by Gasteiger charge is -2.11. The molecule has 128 valence electrons. The monoisotopic (exact) mass is 337 g/mol. The molecule has 1 aromatic heterocycles. The zero-order valence-electron chi connectivity index (χ0n) is 14.2. The molecule has 0 aliphatic carbocycles. The third-order valence-electron chi connectivity index (χ3n) is 3.73. The summed E-state index contributed by atoms with van der Waals surface area (Å²) in [6.07, 6.45) is 0.101. The quantitative estimate of drug-likeness (QED) is 0.694. The van der Waals surface area contributed by atoms with Crippen LogP contribution in [0.15, 0.2) is 48.5 Å². The number of fused-ring (bicyclic) bond motifs is 1. The summed E-state index contributed by atoms with van der Waals surface area (Å²) < 4.78 is 10.2. The van der Waals surface area contributed by atoms with E-state index in [0.29, 0.717) is 18.1 Å². The molecule has 0 spiro atoms.